The van der Waals surface area contributed by atoms with Gasteiger partial charge in [-0.05, 0) is 24.3 Å². The Hall–Kier alpha value is -1.81. The van der Waals surface area contributed by atoms with E-state index in [1.54, 1.807) is 19.2 Å². The van der Waals surface area contributed by atoms with Crippen molar-refractivity contribution in [1.82, 2.24) is 0 Å². The maximum Gasteiger partial charge on any atom is 0.122 e. The Morgan fingerprint density at radius 2 is 1.94 bits per heavy atom. The molecule has 0 aliphatic carbocycles. The van der Waals surface area contributed by atoms with Crippen molar-refractivity contribution in [2.45, 2.75) is 10.6 Å². The van der Waals surface area contributed by atoms with Crippen molar-refractivity contribution in [3.8, 4) is 5.75 Å². The highest BCUT2D eigenvalue weighted by Gasteiger charge is 2.09. The van der Waals surface area contributed by atoms with Crippen LogP contribution in [0.1, 0.15) is 5.56 Å². The van der Waals surface area contributed by atoms with Crippen molar-refractivity contribution in [2.75, 3.05) is 12.8 Å². The van der Waals surface area contributed by atoms with Gasteiger partial charge in [-0.1, -0.05) is 24.3 Å². The van der Waals surface area contributed by atoms with Crippen LogP contribution >= 0.6 is 0 Å². The van der Waals surface area contributed by atoms with Gasteiger partial charge in [-0.3, -0.25) is 4.21 Å². The minimum atomic E-state index is -1.12. The third-order valence-corrected chi connectivity index (χ3v) is 3.95. The summed E-state index contributed by atoms with van der Waals surface area (Å²) < 4.78 is 17.5. The fourth-order valence-electron chi connectivity index (χ4n) is 1.70. The average Bonchev–Trinajstić information content (AvgIpc) is 2.39. The van der Waals surface area contributed by atoms with Crippen LogP contribution in [0.2, 0.25) is 0 Å². The molecule has 0 bridgehead atoms. The van der Waals surface area contributed by atoms with Crippen LogP contribution in [-0.4, -0.2) is 11.3 Å². The SMILES string of the molecule is COc1ccccc1CS(=O)c1cccc(N)c1. The highest BCUT2D eigenvalue weighted by molar-refractivity contribution is 7.84. The van der Waals surface area contributed by atoms with Crippen molar-refractivity contribution >= 4 is 16.5 Å². The zero-order valence-corrected chi connectivity index (χ0v) is 10.9. The van der Waals surface area contributed by atoms with Gasteiger partial charge in [0.15, 0.2) is 0 Å². The minimum absolute atomic E-state index is 0.424. The summed E-state index contributed by atoms with van der Waals surface area (Å²) in [4.78, 5) is 0.737. The van der Waals surface area contributed by atoms with Crippen molar-refractivity contribution in [3.63, 3.8) is 0 Å². The first-order valence-corrected chi connectivity index (χ1v) is 6.88. The van der Waals surface area contributed by atoms with Crippen LogP contribution in [-0.2, 0) is 16.6 Å². The summed E-state index contributed by atoms with van der Waals surface area (Å²) >= 11 is 0. The van der Waals surface area contributed by atoms with E-state index in [9.17, 15) is 4.21 Å². The second-order valence-corrected chi connectivity index (χ2v) is 5.33. The number of hydrogen-bond acceptors (Lipinski definition) is 3. The predicted octanol–water partition coefficient (Wildman–Crippen LogP) is 2.59. The monoisotopic (exact) mass is 261 g/mol. The van der Waals surface area contributed by atoms with Gasteiger partial charge in [0.2, 0.25) is 0 Å². The van der Waals surface area contributed by atoms with E-state index in [-0.39, 0.29) is 0 Å². The molecule has 3 nitrogen and oxygen atoms in total. The Kier molecular flexibility index (Phi) is 3.99. The van der Waals surface area contributed by atoms with Crippen molar-refractivity contribution in [3.05, 3.63) is 54.1 Å². The van der Waals surface area contributed by atoms with Crippen molar-refractivity contribution in [1.29, 1.82) is 0 Å². The maximum absolute atomic E-state index is 12.2. The highest BCUT2D eigenvalue weighted by atomic mass is 32.2. The second kappa shape index (κ2) is 5.69. The first kappa shape index (κ1) is 12.6. The molecule has 0 spiro atoms. The Labute approximate surface area is 109 Å². The molecule has 0 saturated carbocycles. The topological polar surface area (TPSA) is 52.3 Å². The van der Waals surface area contributed by atoms with Crippen molar-refractivity contribution < 1.29 is 8.95 Å². The fraction of sp³-hybridized carbons (Fsp3) is 0.143. The summed E-state index contributed by atoms with van der Waals surface area (Å²) in [6.45, 7) is 0. The number of hydrogen-bond donors (Lipinski definition) is 1. The Balaban J connectivity index is 2.21. The molecule has 2 rings (SSSR count). The molecular formula is C14H15NO2S. The van der Waals surface area contributed by atoms with E-state index in [0.29, 0.717) is 11.4 Å². The number of para-hydroxylation sites is 1. The van der Waals surface area contributed by atoms with E-state index in [1.165, 1.54) is 0 Å². The van der Waals surface area contributed by atoms with Gasteiger partial charge in [0.1, 0.15) is 5.75 Å². The quantitative estimate of drug-likeness (QED) is 0.861. The van der Waals surface area contributed by atoms with Crippen molar-refractivity contribution in [2.24, 2.45) is 0 Å². The molecule has 2 aromatic rings. The van der Waals surface area contributed by atoms with E-state index in [0.717, 1.165) is 16.2 Å². The van der Waals surface area contributed by atoms with E-state index in [1.807, 2.05) is 36.4 Å². The molecule has 0 radical (unpaired) electrons. The molecule has 0 fully saturated rings. The molecule has 94 valence electrons. The number of benzene rings is 2. The minimum Gasteiger partial charge on any atom is -0.496 e. The molecule has 1 atom stereocenters. The molecule has 2 aromatic carbocycles. The summed E-state index contributed by atoms with van der Waals surface area (Å²) in [5, 5.41) is 0. The van der Waals surface area contributed by atoms with Crippen LogP contribution in [0.5, 0.6) is 5.75 Å². The zero-order valence-electron chi connectivity index (χ0n) is 10.1. The largest absolute Gasteiger partial charge is 0.496 e. The Bertz CT molecular complexity index is 569. The summed E-state index contributed by atoms with van der Waals surface area (Å²) in [5.41, 5.74) is 7.24. The zero-order chi connectivity index (χ0) is 13.0. The summed E-state index contributed by atoms with van der Waals surface area (Å²) in [5.74, 6) is 1.18. The highest BCUT2D eigenvalue weighted by Crippen LogP contribution is 2.22. The lowest BCUT2D eigenvalue weighted by molar-refractivity contribution is 0.411. The molecule has 1 unspecified atom stereocenters. The molecule has 4 heteroatoms. The Morgan fingerprint density at radius 3 is 2.67 bits per heavy atom. The van der Waals surface area contributed by atoms with Gasteiger partial charge in [0.05, 0.1) is 23.7 Å². The van der Waals surface area contributed by atoms with Crippen LogP contribution in [0.25, 0.3) is 0 Å². The van der Waals surface area contributed by atoms with E-state index < -0.39 is 10.8 Å². The van der Waals surface area contributed by atoms with Gasteiger partial charge in [-0.25, -0.2) is 0 Å². The summed E-state index contributed by atoms with van der Waals surface area (Å²) in [6.07, 6.45) is 0. The van der Waals surface area contributed by atoms with Gasteiger partial charge in [0, 0.05) is 16.1 Å². The van der Waals surface area contributed by atoms with Crippen LogP contribution in [0.3, 0.4) is 0 Å². The Morgan fingerprint density at radius 1 is 1.17 bits per heavy atom. The van der Waals surface area contributed by atoms with Crippen LogP contribution in [0, 0.1) is 0 Å². The third kappa shape index (κ3) is 2.90. The van der Waals surface area contributed by atoms with Gasteiger partial charge >= 0.3 is 0 Å². The lowest BCUT2D eigenvalue weighted by atomic mass is 10.2. The number of anilines is 1. The standard InChI is InChI=1S/C14H15NO2S/c1-17-14-8-3-2-5-11(14)10-18(16)13-7-4-6-12(15)9-13/h2-9H,10,15H2,1H3. The molecular weight excluding hydrogens is 246 g/mol. The van der Waals surface area contributed by atoms with E-state index >= 15 is 0 Å². The molecule has 0 heterocycles. The lowest BCUT2D eigenvalue weighted by Crippen LogP contribution is -1.99. The molecule has 0 aliphatic heterocycles. The summed E-state index contributed by atoms with van der Waals surface area (Å²) in [6, 6.07) is 14.7. The molecule has 0 amide bonds. The fourth-order valence-corrected chi connectivity index (χ4v) is 2.89. The van der Waals surface area contributed by atoms with Gasteiger partial charge in [-0.2, -0.15) is 0 Å². The van der Waals surface area contributed by atoms with Crippen LogP contribution in [0.15, 0.2) is 53.4 Å². The average molecular weight is 261 g/mol. The molecule has 0 saturated heterocycles. The number of nitrogen functional groups attached to an aromatic ring is 1. The van der Waals surface area contributed by atoms with Crippen LogP contribution < -0.4 is 10.5 Å². The molecule has 18 heavy (non-hydrogen) atoms. The normalized spacial score (nSPS) is 12.1. The smallest absolute Gasteiger partial charge is 0.122 e. The van der Waals surface area contributed by atoms with E-state index in [2.05, 4.69) is 0 Å². The second-order valence-electron chi connectivity index (χ2n) is 3.87. The number of nitrogens with two attached hydrogens (primary N) is 1. The number of rotatable bonds is 4. The number of ether oxygens (including phenoxy) is 1. The number of methoxy groups -OCH3 is 1. The van der Waals surface area contributed by atoms with Gasteiger partial charge in [-0.15, -0.1) is 0 Å². The first-order chi connectivity index (χ1) is 8.70. The molecule has 0 aromatic heterocycles. The third-order valence-electron chi connectivity index (χ3n) is 2.60. The van der Waals surface area contributed by atoms with E-state index in [4.69, 9.17) is 10.5 Å². The predicted molar refractivity (Wildman–Crippen MR) is 74.0 cm³/mol. The maximum atomic E-state index is 12.2. The lowest BCUT2D eigenvalue weighted by Gasteiger charge is -2.08. The molecule has 2 N–H and O–H groups in total. The summed E-state index contributed by atoms with van der Waals surface area (Å²) in [7, 11) is 0.497. The van der Waals surface area contributed by atoms with Crippen LogP contribution in [0.4, 0.5) is 5.69 Å². The van der Waals surface area contributed by atoms with Gasteiger partial charge < -0.3 is 10.5 Å². The van der Waals surface area contributed by atoms with Gasteiger partial charge in [0.25, 0.3) is 0 Å². The first-order valence-electron chi connectivity index (χ1n) is 5.56. The molecule has 0 aliphatic rings.